The van der Waals surface area contributed by atoms with Crippen LogP contribution < -0.4 is 5.56 Å². The van der Waals surface area contributed by atoms with Gasteiger partial charge in [0.15, 0.2) is 17.3 Å². The van der Waals surface area contributed by atoms with Gasteiger partial charge < -0.3 is 0 Å². The van der Waals surface area contributed by atoms with Crippen LogP contribution in [0.5, 0.6) is 0 Å². The molecule has 7 heteroatoms. The fourth-order valence-corrected chi connectivity index (χ4v) is 6.23. The molecule has 0 aliphatic heterocycles. The largest absolute Gasteiger partial charge is 0.290 e. The standard InChI is InChI=1S/C37H22N6O/c44-36-26-18-8-7-17-25(26)31-27-19-9-11-21-29(27)42-30-22-12-10-20-28(30)38-35(42)32(31)43(36)37-40-33(23-13-3-1-4-14-23)39-34(41-37)24-15-5-2-6-16-24/h1-22H. The second-order valence-corrected chi connectivity index (χ2v) is 10.7. The van der Waals surface area contributed by atoms with E-state index in [1.807, 2.05) is 115 Å². The molecule has 44 heavy (non-hydrogen) atoms. The van der Waals surface area contributed by atoms with Gasteiger partial charge in [-0.3, -0.25) is 9.20 Å². The van der Waals surface area contributed by atoms with Crippen molar-refractivity contribution in [2.45, 2.75) is 0 Å². The predicted molar refractivity (Wildman–Crippen MR) is 175 cm³/mol. The Morgan fingerprint density at radius 3 is 1.70 bits per heavy atom. The zero-order valence-corrected chi connectivity index (χ0v) is 23.3. The molecule has 0 saturated heterocycles. The third kappa shape index (κ3) is 3.53. The van der Waals surface area contributed by atoms with Gasteiger partial charge in [-0.2, -0.15) is 9.97 Å². The van der Waals surface area contributed by atoms with Gasteiger partial charge in [0.1, 0.15) is 5.52 Å². The summed E-state index contributed by atoms with van der Waals surface area (Å²) in [4.78, 5) is 34.6. The van der Waals surface area contributed by atoms with Gasteiger partial charge in [0.25, 0.3) is 5.56 Å². The zero-order valence-electron chi connectivity index (χ0n) is 23.3. The van der Waals surface area contributed by atoms with Crippen LogP contribution in [0.3, 0.4) is 0 Å². The summed E-state index contributed by atoms with van der Waals surface area (Å²) in [5, 5.41) is 3.36. The zero-order chi connectivity index (χ0) is 29.2. The van der Waals surface area contributed by atoms with Gasteiger partial charge in [0.2, 0.25) is 5.95 Å². The maximum absolute atomic E-state index is 14.7. The van der Waals surface area contributed by atoms with Gasteiger partial charge in [0.05, 0.1) is 16.6 Å². The molecule has 0 fully saturated rings. The first-order valence-corrected chi connectivity index (χ1v) is 14.4. The minimum Gasteiger partial charge on any atom is -0.290 e. The summed E-state index contributed by atoms with van der Waals surface area (Å²) in [6.07, 6.45) is 0. The summed E-state index contributed by atoms with van der Waals surface area (Å²) >= 11 is 0. The van der Waals surface area contributed by atoms with E-state index in [2.05, 4.69) is 22.6 Å². The smallest absolute Gasteiger partial charge is 0.266 e. The molecule has 0 aliphatic rings. The molecular weight excluding hydrogens is 544 g/mol. The van der Waals surface area contributed by atoms with Crippen LogP contribution in [0.25, 0.3) is 78.0 Å². The van der Waals surface area contributed by atoms with E-state index >= 15 is 0 Å². The van der Waals surface area contributed by atoms with Crippen molar-refractivity contribution >= 4 is 49.3 Å². The highest BCUT2D eigenvalue weighted by molar-refractivity contribution is 6.22. The minimum absolute atomic E-state index is 0.221. The van der Waals surface area contributed by atoms with Crippen molar-refractivity contribution in [1.29, 1.82) is 0 Å². The van der Waals surface area contributed by atoms with Crippen molar-refractivity contribution in [3.8, 4) is 28.7 Å². The lowest BCUT2D eigenvalue weighted by atomic mass is 10.0. The second kappa shape index (κ2) is 9.40. The summed E-state index contributed by atoms with van der Waals surface area (Å²) in [5.74, 6) is 1.20. The quantitative estimate of drug-likeness (QED) is 0.206. The number of hydrogen-bond donors (Lipinski definition) is 0. The molecule has 5 aromatic carbocycles. The first kappa shape index (κ1) is 24.4. The number of rotatable bonds is 3. The Hall–Kier alpha value is -6.21. The van der Waals surface area contributed by atoms with Gasteiger partial charge in [-0.1, -0.05) is 109 Å². The molecule has 206 valence electrons. The Bertz CT molecular complexity index is 2570. The Kier molecular flexibility index (Phi) is 5.21. The molecule has 9 aromatic rings. The number of imidazole rings is 1. The fraction of sp³-hybridized carbons (Fsp3) is 0. The normalized spacial score (nSPS) is 11.7. The van der Waals surface area contributed by atoms with Gasteiger partial charge >= 0.3 is 0 Å². The highest BCUT2D eigenvalue weighted by atomic mass is 16.1. The molecule has 0 bridgehead atoms. The van der Waals surface area contributed by atoms with Gasteiger partial charge in [-0.05, 0) is 29.7 Å². The Labute approximate surface area is 250 Å². The van der Waals surface area contributed by atoms with Crippen LogP contribution in [0.15, 0.2) is 138 Å². The molecule has 0 radical (unpaired) electrons. The first-order valence-electron chi connectivity index (χ1n) is 14.4. The van der Waals surface area contributed by atoms with Crippen LogP contribution in [-0.2, 0) is 0 Å². The van der Waals surface area contributed by atoms with Crippen molar-refractivity contribution in [1.82, 2.24) is 28.9 Å². The van der Waals surface area contributed by atoms with Gasteiger partial charge in [-0.25, -0.2) is 14.5 Å². The lowest BCUT2D eigenvalue weighted by molar-refractivity contribution is 0.907. The van der Waals surface area contributed by atoms with Crippen LogP contribution in [0, 0.1) is 0 Å². The van der Waals surface area contributed by atoms with E-state index in [0.717, 1.165) is 43.8 Å². The van der Waals surface area contributed by atoms with Crippen molar-refractivity contribution in [2.24, 2.45) is 0 Å². The third-order valence-corrected chi connectivity index (χ3v) is 8.16. The number of aromatic nitrogens is 6. The highest BCUT2D eigenvalue weighted by Gasteiger charge is 2.23. The van der Waals surface area contributed by atoms with Crippen molar-refractivity contribution in [2.75, 3.05) is 0 Å². The van der Waals surface area contributed by atoms with Gasteiger partial charge in [-0.15, -0.1) is 0 Å². The summed E-state index contributed by atoms with van der Waals surface area (Å²) in [5.41, 5.74) is 5.54. The molecule has 0 aliphatic carbocycles. The van der Waals surface area contributed by atoms with E-state index < -0.39 is 0 Å². The Morgan fingerprint density at radius 1 is 0.477 bits per heavy atom. The number of nitrogens with zero attached hydrogens (tertiary/aromatic N) is 6. The topological polar surface area (TPSA) is 78.0 Å². The summed E-state index contributed by atoms with van der Waals surface area (Å²) in [6.45, 7) is 0. The van der Waals surface area contributed by atoms with Crippen molar-refractivity contribution in [3.05, 3.63) is 144 Å². The molecular formula is C37H22N6O. The molecule has 0 N–H and O–H groups in total. The van der Waals surface area contributed by atoms with E-state index in [1.165, 1.54) is 0 Å². The van der Waals surface area contributed by atoms with Crippen LogP contribution in [0.4, 0.5) is 0 Å². The van der Waals surface area contributed by atoms with Gasteiger partial charge in [0, 0.05) is 27.3 Å². The van der Waals surface area contributed by atoms with Crippen LogP contribution >= 0.6 is 0 Å². The number of benzene rings is 5. The molecule has 0 amide bonds. The van der Waals surface area contributed by atoms with E-state index in [0.29, 0.717) is 28.2 Å². The molecule has 0 atom stereocenters. The lowest BCUT2D eigenvalue weighted by Crippen LogP contribution is -2.23. The molecule has 4 heterocycles. The van der Waals surface area contributed by atoms with E-state index in [9.17, 15) is 4.79 Å². The number of fused-ring (bicyclic) bond motifs is 10. The van der Waals surface area contributed by atoms with Crippen LogP contribution in [0.2, 0.25) is 0 Å². The lowest BCUT2D eigenvalue weighted by Gasteiger charge is -2.17. The molecule has 4 aromatic heterocycles. The SMILES string of the molecule is O=c1c2ccccc2c2c3ccccc3n3c4ccccc4nc3c2n1-c1nc(-c2ccccc2)nc(-c2ccccc2)n1. The van der Waals surface area contributed by atoms with Crippen LogP contribution in [0.1, 0.15) is 0 Å². The van der Waals surface area contributed by atoms with E-state index in [4.69, 9.17) is 19.9 Å². The number of hydrogen-bond acceptors (Lipinski definition) is 5. The second-order valence-electron chi connectivity index (χ2n) is 10.7. The van der Waals surface area contributed by atoms with Crippen molar-refractivity contribution in [3.63, 3.8) is 0 Å². The highest BCUT2D eigenvalue weighted by Crippen LogP contribution is 2.36. The maximum atomic E-state index is 14.7. The molecule has 0 unspecified atom stereocenters. The van der Waals surface area contributed by atoms with E-state index in [-0.39, 0.29) is 11.5 Å². The number of pyridine rings is 2. The number of para-hydroxylation sites is 3. The molecule has 0 spiro atoms. The Morgan fingerprint density at radius 2 is 1.02 bits per heavy atom. The molecule has 9 rings (SSSR count). The summed E-state index contributed by atoms with van der Waals surface area (Å²) < 4.78 is 3.76. The third-order valence-electron chi connectivity index (χ3n) is 8.16. The predicted octanol–water partition coefficient (Wildman–Crippen LogP) is 7.62. The van der Waals surface area contributed by atoms with E-state index in [1.54, 1.807) is 4.57 Å². The average molecular weight is 567 g/mol. The molecule has 0 saturated carbocycles. The summed E-state index contributed by atoms with van der Waals surface area (Å²) in [6, 6.07) is 43.6. The average Bonchev–Trinajstić information content (AvgIpc) is 3.49. The maximum Gasteiger partial charge on any atom is 0.266 e. The monoisotopic (exact) mass is 566 g/mol. The minimum atomic E-state index is -0.221. The van der Waals surface area contributed by atoms with Crippen LogP contribution in [-0.4, -0.2) is 28.9 Å². The fourth-order valence-electron chi connectivity index (χ4n) is 6.23. The first-order chi connectivity index (χ1) is 21.8. The summed E-state index contributed by atoms with van der Waals surface area (Å²) in [7, 11) is 0. The van der Waals surface area contributed by atoms with Crippen molar-refractivity contribution < 1.29 is 0 Å². The molecule has 7 nitrogen and oxygen atoms in total. The Balaban J connectivity index is 1.53.